The summed E-state index contributed by atoms with van der Waals surface area (Å²) >= 11 is 3.39. The second-order valence-electron chi connectivity index (χ2n) is 5.37. The van der Waals surface area contributed by atoms with Crippen LogP contribution in [0.1, 0.15) is 36.6 Å². The summed E-state index contributed by atoms with van der Waals surface area (Å²) in [6, 6.07) is 9.63. The lowest BCUT2D eigenvalue weighted by molar-refractivity contribution is -0.122. The number of ether oxygens (including phenoxy) is 1. The molecule has 0 radical (unpaired) electrons. The van der Waals surface area contributed by atoms with E-state index in [1.54, 1.807) is 6.26 Å². The third kappa shape index (κ3) is 3.71. The zero-order valence-corrected chi connectivity index (χ0v) is 13.8. The first-order chi connectivity index (χ1) is 10.7. The highest BCUT2D eigenvalue weighted by Gasteiger charge is 2.23. The van der Waals surface area contributed by atoms with Crippen molar-refractivity contribution in [1.29, 1.82) is 0 Å². The third-order valence-corrected chi connectivity index (χ3v) is 4.27. The molecule has 1 aliphatic carbocycles. The minimum absolute atomic E-state index is 0.00838. The monoisotopic (exact) mass is 363 g/mol. The standard InChI is InChI=1S/C17H18BrNO3/c18-12-3-1-4-13(11-12)21-10-8-17(20)19-15-5-2-6-16-14(15)7-9-22-16/h1,3-4,7,9,11,15H,2,5-6,8,10H2,(H,19,20). The normalized spacial score (nSPS) is 16.9. The van der Waals surface area contributed by atoms with Crippen molar-refractivity contribution in [1.82, 2.24) is 5.32 Å². The smallest absolute Gasteiger partial charge is 0.223 e. The maximum Gasteiger partial charge on any atom is 0.223 e. The van der Waals surface area contributed by atoms with E-state index >= 15 is 0 Å². The molecule has 3 rings (SSSR count). The van der Waals surface area contributed by atoms with Gasteiger partial charge in [-0.05, 0) is 37.1 Å². The third-order valence-electron chi connectivity index (χ3n) is 3.78. The highest BCUT2D eigenvalue weighted by atomic mass is 79.9. The van der Waals surface area contributed by atoms with Crippen molar-refractivity contribution < 1.29 is 13.9 Å². The summed E-state index contributed by atoms with van der Waals surface area (Å²) in [5.41, 5.74) is 1.12. The summed E-state index contributed by atoms with van der Waals surface area (Å²) in [6.45, 7) is 0.368. The number of carbonyl (C=O) groups excluding carboxylic acids is 1. The molecule has 0 saturated carbocycles. The molecular formula is C17H18BrNO3. The highest BCUT2D eigenvalue weighted by Crippen LogP contribution is 2.30. The first kappa shape index (κ1) is 15.2. The number of hydrogen-bond acceptors (Lipinski definition) is 3. The van der Waals surface area contributed by atoms with E-state index < -0.39 is 0 Å². The quantitative estimate of drug-likeness (QED) is 0.872. The van der Waals surface area contributed by atoms with Gasteiger partial charge in [0.25, 0.3) is 0 Å². The molecule has 0 fully saturated rings. The van der Waals surface area contributed by atoms with Crippen LogP contribution in [-0.2, 0) is 11.2 Å². The minimum atomic E-state index is 0.00838. The van der Waals surface area contributed by atoms with Gasteiger partial charge in [0.1, 0.15) is 11.5 Å². The highest BCUT2D eigenvalue weighted by molar-refractivity contribution is 9.10. The van der Waals surface area contributed by atoms with Crippen LogP contribution in [0.5, 0.6) is 5.75 Å². The van der Waals surface area contributed by atoms with E-state index in [0.717, 1.165) is 40.8 Å². The van der Waals surface area contributed by atoms with Gasteiger partial charge in [0.2, 0.25) is 5.91 Å². The fraction of sp³-hybridized carbons (Fsp3) is 0.353. The van der Waals surface area contributed by atoms with Crippen LogP contribution in [0.2, 0.25) is 0 Å². The van der Waals surface area contributed by atoms with E-state index in [0.29, 0.717) is 13.0 Å². The van der Waals surface area contributed by atoms with Crippen LogP contribution in [-0.4, -0.2) is 12.5 Å². The zero-order chi connectivity index (χ0) is 15.4. The molecule has 1 aliphatic rings. The second-order valence-corrected chi connectivity index (χ2v) is 6.28. The van der Waals surface area contributed by atoms with E-state index in [1.165, 1.54) is 0 Å². The molecule has 5 heteroatoms. The fourth-order valence-electron chi connectivity index (χ4n) is 2.72. The molecule has 1 unspecified atom stereocenters. The second kappa shape index (κ2) is 7.01. The number of fused-ring (bicyclic) bond motifs is 1. The molecule has 1 aromatic carbocycles. The van der Waals surface area contributed by atoms with Crippen LogP contribution < -0.4 is 10.1 Å². The molecule has 1 aromatic heterocycles. The molecule has 1 N–H and O–H groups in total. The van der Waals surface area contributed by atoms with Crippen molar-refractivity contribution in [2.24, 2.45) is 0 Å². The van der Waals surface area contributed by atoms with Gasteiger partial charge in [-0.3, -0.25) is 4.79 Å². The lowest BCUT2D eigenvalue weighted by atomic mass is 9.93. The number of rotatable bonds is 5. The maximum absolute atomic E-state index is 12.1. The molecule has 2 aromatic rings. The Morgan fingerprint density at radius 1 is 1.41 bits per heavy atom. The SMILES string of the molecule is O=C(CCOc1cccc(Br)c1)NC1CCCc2occc21. The Morgan fingerprint density at radius 3 is 3.18 bits per heavy atom. The van der Waals surface area contributed by atoms with E-state index in [9.17, 15) is 4.79 Å². The summed E-state index contributed by atoms with van der Waals surface area (Å²) < 4.78 is 12.0. The van der Waals surface area contributed by atoms with Gasteiger partial charge in [-0.25, -0.2) is 0 Å². The first-order valence-corrected chi connectivity index (χ1v) is 8.25. The topological polar surface area (TPSA) is 51.5 Å². The summed E-state index contributed by atoms with van der Waals surface area (Å²) in [5, 5.41) is 3.07. The zero-order valence-electron chi connectivity index (χ0n) is 12.2. The number of benzene rings is 1. The van der Waals surface area contributed by atoms with Gasteiger partial charge < -0.3 is 14.5 Å². The molecule has 0 spiro atoms. The van der Waals surface area contributed by atoms with Crippen molar-refractivity contribution in [2.45, 2.75) is 31.7 Å². The van der Waals surface area contributed by atoms with Crippen LogP contribution in [0.25, 0.3) is 0 Å². The van der Waals surface area contributed by atoms with E-state index in [-0.39, 0.29) is 11.9 Å². The molecule has 1 heterocycles. The number of hydrogen-bond donors (Lipinski definition) is 1. The molecule has 22 heavy (non-hydrogen) atoms. The van der Waals surface area contributed by atoms with Crippen LogP contribution in [0.4, 0.5) is 0 Å². The lowest BCUT2D eigenvalue weighted by Crippen LogP contribution is -2.31. The molecule has 1 amide bonds. The molecular weight excluding hydrogens is 346 g/mol. The minimum Gasteiger partial charge on any atom is -0.493 e. The van der Waals surface area contributed by atoms with Gasteiger partial charge in [0, 0.05) is 16.5 Å². The van der Waals surface area contributed by atoms with Gasteiger partial charge in [-0.15, -0.1) is 0 Å². The summed E-state index contributed by atoms with van der Waals surface area (Å²) in [5.74, 6) is 1.77. The van der Waals surface area contributed by atoms with Crippen LogP contribution in [0, 0.1) is 0 Å². The lowest BCUT2D eigenvalue weighted by Gasteiger charge is -2.22. The van der Waals surface area contributed by atoms with Crippen LogP contribution in [0.15, 0.2) is 45.5 Å². The Kier molecular flexibility index (Phi) is 4.83. The van der Waals surface area contributed by atoms with E-state index in [2.05, 4.69) is 21.2 Å². The fourth-order valence-corrected chi connectivity index (χ4v) is 3.10. The average molecular weight is 364 g/mol. The number of halogens is 1. The molecule has 0 aliphatic heterocycles. The number of aryl methyl sites for hydroxylation is 1. The Labute approximate surface area is 138 Å². The van der Waals surface area contributed by atoms with Gasteiger partial charge >= 0.3 is 0 Å². The molecule has 0 saturated heterocycles. The first-order valence-electron chi connectivity index (χ1n) is 7.46. The van der Waals surface area contributed by atoms with Crippen LogP contribution in [0.3, 0.4) is 0 Å². The molecule has 116 valence electrons. The number of carbonyl (C=O) groups is 1. The van der Waals surface area contributed by atoms with Crippen molar-refractivity contribution in [3.63, 3.8) is 0 Å². The number of furan rings is 1. The molecule has 4 nitrogen and oxygen atoms in total. The van der Waals surface area contributed by atoms with Crippen molar-refractivity contribution in [3.8, 4) is 5.75 Å². The number of amides is 1. The van der Waals surface area contributed by atoms with Crippen molar-refractivity contribution in [3.05, 3.63) is 52.4 Å². The average Bonchev–Trinajstić information content (AvgIpc) is 2.97. The van der Waals surface area contributed by atoms with Crippen LogP contribution >= 0.6 is 15.9 Å². The van der Waals surface area contributed by atoms with Gasteiger partial charge in [-0.1, -0.05) is 22.0 Å². The van der Waals surface area contributed by atoms with Crippen molar-refractivity contribution >= 4 is 21.8 Å². The Hall–Kier alpha value is -1.75. The Balaban J connectivity index is 1.48. The van der Waals surface area contributed by atoms with Gasteiger partial charge in [0.05, 0.1) is 25.3 Å². The van der Waals surface area contributed by atoms with E-state index in [1.807, 2.05) is 30.3 Å². The molecule has 1 atom stereocenters. The predicted octanol–water partition coefficient (Wildman–Crippen LogP) is 4.00. The maximum atomic E-state index is 12.1. The summed E-state index contributed by atoms with van der Waals surface area (Å²) in [7, 11) is 0. The summed E-state index contributed by atoms with van der Waals surface area (Å²) in [6.07, 6.45) is 5.01. The van der Waals surface area contributed by atoms with E-state index in [4.69, 9.17) is 9.15 Å². The molecule has 0 bridgehead atoms. The number of nitrogens with one attached hydrogen (secondary N) is 1. The predicted molar refractivity (Wildman–Crippen MR) is 86.8 cm³/mol. The summed E-state index contributed by atoms with van der Waals surface area (Å²) in [4.78, 5) is 12.1. The van der Waals surface area contributed by atoms with Gasteiger partial charge in [0.15, 0.2) is 0 Å². The Morgan fingerprint density at radius 2 is 2.32 bits per heavy atom. The Bertz CT molecular complexity index is 653. The van der Waals surface area contributed by atoms with Crippen molar-refractivity contribution in [2.75, 3.05) is 6.61 Å². The largest absolute Gasteiger partial charge is 0.493 e. The van der Waals surface area contributed by atoms with Gasteiger partial charge in [-0.2, -0.15) is 0 Å².